The van der Waals surface area contributed by atoms with Crippen molar-refractivity contribution >= 4 is 26.8 Å². The Labute approximate surface area is 120 Å². The van der Waals surface area contributed by atoms with Crippen molar-refractivity contribution < 1.29 is 4.74 Å². The van der Waals surface area contributed by atoms with Crippen molar-refractivity contribution in [2.45, 2.75) is 0 Å². The zero-order valence-electron chi connectivity index (χ0n) is 10.4. The van der Waals surface area contributed by atoms with Gasteiger partial charge in [-0.1, -0.05) is 52.3 Å². The Morgan fingerprint density at radius 2 is 1.79 bits per heavy atom. The Kier molecular flexibility index (Phi) is 3.22. The SMILES string of the molecule is COc1nc2cccc(Br)c2cc1-c1ccccc1. The normalized spacial score (nSPS) is 10.6. The number of fused-ring (bicyclic) bond motifs is 1. The molecule has 2 aromatic carbocycles. The third kappa shape index (κ3) is 2.22. The summed E-state index contributed by atoms with van der Waals surface area (Å²) < 4.78 is 6.46. The largest absolute Gasteiger partial charge is 0.481 e. The molecule has 3 aromatic rings. The Hall–Kier alpha value is -1.87. The van der Waals surface area contributed by atoms with Gasteiger partial charge in [0.15, 0.2) is 0 Å². The number of methoxy groups -OCH3 is 1. The van der Waals surface area contributed by atoms with Gasteiger partial charge in [-0.2, -0.15) is 0 Å². The highest BCUT2D eigenvalue weighted by atomic mass is 79.9. The Morgan fingerprint density at radius 1 is 1.00 bits per heavy atom. The zero-order valence-corrected chi connectivity index (χ0v) is 12.0. The molecule has 3 heteroatoms. The predicted molar refractivity (Wildman–Crippen MR) is 81.4 cm³/mol. The first-order chi connectivity index (χ1) is 9.29. The molecule has 0 unspecified atom stereocenters. The summed E-state index contributed by atoms with van der Waals surface area (Å²) >= 11 is 3.57. The van der Waals surface area contributed by atoms with E-state index in [0.29, 0.717) is 5.88 Å². The highest BCUT2D eigenvalue weighted by Gasteiger charge is 2.10. The summed E-state index contributed by atoms with van der Waals surface area (Å²) in [7, 11) is 1.65. The van der Waals surface area contributed by atoms with E-state index in [1.165, 1.54) is 0 Å². The minimum absolute atomic E-state index is 0.650. The van der Waals surface area contributed by atoms with Crippen molar-refractivity contribution in [1.29, 1.82) is 0 Å². The maximum Gasteiger partial charge on any atom is 0.221 e. The summed E-state index contributed by atoms with van der Waals surface area (Å²) in [5, 5.41) is 1.09. The molecule has 2 nitrogen and oxygen atoms in total. The summed E-state index contributed by atoms with van der Waals surface area (Å²) in [5.41, 5.74) is 3.03. The van der Waals surface area contributed by atoms with E-state index in [0.717, 1.165) is 26.5 Å². The summed E-state index contributed by atoms with van der Waals surface area (Å²) in [6, 6.07) is 18.2. The van der Waals surface area contributed by atoms with Gasteiger partial charge in [0.2, 0.25) is 5.88 Å². The van der Waals surface area contributed by atoms with Crippen LogP contribution in [0.25, 0.3) is 22.0 Å². The van der Waals surface area contributed by atoms with E-state index in [-0.39, 0.29) is 0 Å². The number of rotatable bonds is 2. The van der Waals surface area contributed by atoms with Crippen molar-refractivity contribution in [3.63, 3.8) is 0 Å². The molecule has 0 saturated heterocycles. The van der Waals surface area contributed by atoms with Crippen LogP contribution in [0.5, 0.6) is 5.88 Å². The van der Waals surface area contributed by atoms with Crippen LogP contribution in [0.2, 0.25) is 0 Å². The predicted octanol–water partition coefficient (Wildman–Crippen LogP) is 4.67. The van der Waals surface area contributed by atoms with Gasteiger partial charge in [0, 0.05) is 15.4 Å². The fourth-order valence-electron chi connectivity index (χ4n) is 2.12. The average Bonchev–Trinajstić information content (AvgIpc) is 2.47. The van der Waals surface area contributed by atoms with Crippen LogP contribution in [-0.4, -0.2) is 12.1 Å². The zero-order chi connectivity index (χ0) is 13.2. The third-order valence-corrected chi connectivity index (χ3v) is 3.74. The average molecular weight is 314 g/mol. The molecule has 0 radical (unpaired) electrons. The monoisotopic (exact) mass is 313 g/mol. The molecule has 0 aliphatic carbocycles. The molecule has 0 aliphatic heterocycles. The van der Waals surface area contributed by atoms with Crippen molar-refractivity contribution in [2.24, 2.45) is 0 Å². The van der Waals surface area contributed by atoms with Crippen molar-refractivity contribution in [1.82, 2.24) is 4.98 Å². The molecule has 0 spiro atoms. The van der Waals surface area contributed by atoms with Crippen LogP contribution >= 0.6 is 15.9 Å². The molecule has 1 heterocycles. The molecule has 0 atom stereocenters. The van der Waals surface area contributed by atoms with E-state index in [2.05, 4.69) is 39.1 Å². The highest BCUT2D eigenvalue weighted by Crippen LogP contribution is 2.33. The van der Waals surface area contributed by atoms with E-state index >= 15 is 0 Å². The molecule has 3 rings (SSSR count). The lowest BCUT2D eigenvalue weighted by Crippen LogP contribution is -1.93. The summed E-state index contributed by atoms with van der Waals surface area (Å²) in [4.78, 5) is 4.58. The summed E-state index contributed by atoms with van der Waals surface area (Å²) in [6.45, 7) is 0. The lowest BCUT2D eigenvalue weighted by molar-refractivity contribution is 0.401. The molecule has 0 amide bonds. The number of aromatic nitrogens is 1. The minimum atomic E-state index is 0.650. The van der Waals surface area contributed by atoms with Crippen LogP contribution in [0.15, 0.2) is 59.1 Å². The molecule has 0 bridgehead atoms. The smallest absolute Gasteiger partial charge is 0.221 e. The Balaban J connectivity index is 2.32. The lowest BCUT2D eigenvalue weighted by Gasteiger charge is -2.10. The van der Waals surface area contributed by atoms with E-state index in [1.807, 2.05) is 36.4 Å². The fraction of sp³-hybridized carbons (Fsp3) is 0.0625. The van der Waals surface area contributed by atoms with Crippen molar-refractivity contribution in [3.8, 4) is 17.0 Å². The lowest BCUT2D eigenvalue weighted by atomic mass is 10.0. The molecule has 0 N–H and O–H groups in total. The molecule has 0 saturated carbocycles. The van der Waals surface area contributed by atoms with Crippen LogP contribution < -0.4 is 4.74 Å². The van der Waals surface area contributed by atoms with Crippen LogP contribution in [0.1, 0.15) is 0 Å². The van der Waals surface area contributed by atoms with Crippen LogP contribution in [0.4, 0.5) is 0 Å². The second-order valence-corrected chi connectivity index (χ2v) is 5.07. The number of pyridine rings is 1. The second kappa shape index (κ2) is 5.02. The maximum absolute atomic E-state index is 5.42. The van der Waals surface area contributed by atoms with Crippen LogP contribution in [0.3, 0.4) is 0 Å². The number of halogens is 1. The fourth-order valence-corrected chi connectivity index (χ4v) is 2.59. The van der Waals surface area contributed by atoms with E-state index < -0.39 is 0 Å². The quantitative estimate of drug-likeness (QED) is 0.685. The van der Waals surface area contributed by atoms with Gasteiger partial charge in [-0.05, 0) is 23.8 Å². The molecule has 94 valence electrons. The summed E-state index contributed by atoms with van der Waals surface area (Å²) in [5.74, 6) is 0.650. The number of hydrogen-bond donors (Lipinski definition) is 0. The maximum atomic E-state index is 5.42. The van der Waals surface area contributed by atoms with Gasteiger partial charge >= 0.3 is 0 Å². The highest BCUT2D eigenvalue weighted by molar-refractivity contribution is 9.10. The Bertz CT molecular complexity index is 725. The molecule has 0 aliphatic rings. The topological polar surface area (TPSA) is 22.1 Å². The van der Waals surface area contributed by atoms with E-state index in [1.54, 1.807) is 7.11 Å². The van der Waals surface area contributed by atoms with Crippen LogP contribution in [0, 0.1) is 0 Å². The Morgan fingerprint density at radius 3 is 2.53 bits per heavy atom. The van der Waals surface area contributed by atoms with Gasteiger partial charge in [-0.15, -0.1) is 0 Å². The molecular formula is C16H12BrNO. The van der Waals surface area contributed by atoms with Gasteiger partial charge in [-0.3, -0.25) is 0 Å². The van der Waals surface area contributed by atoms with Crippen LogP contribution in [-0.2, 0) is 0 Å². The molecule has 1 aromatic heterocycles. The number of benzene rings is 2. The van der Waals surface area contributed by atoms with Crippen molar-refractivity contribution in [3.05, 3.63) is 59.1 Å². The van der Waals surface area contributed by atoms with E-state index in [9.17, 15) is 0 Å². The minimum Gasteiger partial charge on any atom is -0.481 e. The van der Waals surface area contributed by atoms with Gasteiger partial charge in [-0.25, -0.2) is 4.98 Å². The first kappa shape index (κ1) is 12.2. The molecule has 0 fully saturated rings. The molecular weight excluding hydrogens is 302 g/mol. The number of nitrogens with zero attached hydrogens (tertiary/aromatic N) is 1. The summed E-state index contributed by atoms with van der Waals surface area (Å²) in [6.07, 6.45) is 0. The van der Waals surface area contributed by atoms with E-state index in [4.69, 9.17) is 4.74 Å². The van der Waals surface area contributed by atoms with Gasteiger partial charge < -0.3 is 4.74 Å². The van der Waals surface area contributed by atoms with Gasteiger partial charge in [0.1, 0.15) is 0 Å². The van der Waals surface area contributed by atoms with Gasteiger partial charge in [0.25, 0.3) is 0 Å². The third-order valence-electron chi connectivity index (χ3n) is 3.05. The molecule has 19 heavy (non-hydrogen) atoms. The first-order valence-electron chi connectivity index (χ1n) is 5.98. The standard InChI is InChI=1S/C16H12BrNO/c1-19-16-12(11-6-3-2-4-7-11)10-13-14(17)8-5-9-15(13)18-16/h2-10H,1H3. The number of hydrogen-bond acceptors (Lipinski definition) is 2. The second-order valence-electron chi connectivity index (χ2n) is 4.22. The van der Waals surface area contributed by atoms with Crippen molar-refractivity contribution in [2.75, 3.05) is 7.11 Å². The first-order valence-corrected chi connectivity index (χ1v) is 6.77. The van der Waals surface area contributed by atoms with Gasteiger partial charge in [0.05, 0.1) is 12.6 Å². The number of ether oxygens (including phenoxy) is 1.